The first-order chi connectivity index (χ1) is 14.5. The minimum Gasteiger partial charge on any atom is -0.332 e. The van der Waals surface area contributed by atoms with Gasteiger partial charge in [-0.1, -0.05) is 35.5 Å². The van der Waals surface area contributed by atoms with Gasteiger partial charge in [-0.25, -0.2) is 9.40 Å². The van der Waals surface area contributed by atoms with E-state index in [-0.39, 0.29) is 30.6 Å². The Morgan fingerprint density at radius 2 is 2.00 bits per heavy atom. The van der Waals surface area contributed by atoms with Crippen LogP contribution in [0, 0.1) is 12.7 Å². The van der Waals surface area contributed by atoms with Crippen molar-refractivity contribution in [1.29, 1.82) is 0 Å². The van der Waals surface area contributed by atoms with Crippen molar-refractivity contribution in [3.8, 4) is 11.4 Å². The van der Waals surface area contributed by atoms with Crippen LogP contribution in [0.4, 0.5) is 10.1 Å². The Balaban J connectivity index is 1.48. The molecule has 0 saturated carbocycles. The van der Waals surface area contributed by atoms with Gasteiger partial charge in [0.15, 0.2) is 0 Å². The molecular formula is C21H18FN5O3. The van der Waals surface area contributed by atoms with Crippen molar-refractivity contribution in [2.24, 2.45) is 5.10 Å². The molecule has 0 saturated heterocycles. The number of amides is 2. The number of anilines is 1. The van der Waals surface area contributed by atoms with Crippen molar-refractivity contribution in [1.82, 2.24) is 15.1 Å². The highest BCUT2D eigenvalue weighted by molar-refractivity contribution is 6.02. The van der Waals surface area contributed by atoms with E-state index in [1.807, 2.05) is 30.3 Å². The van der Waals surface area contributed by atoms with E-state index in [1.54, 1.807) is 6.92 Å². The summed E-state index contributed by atoms with van der Waals surface area (Å²) in [7, 11) is 0. The molecule has 152 valence electrons. The number of carbonyl (C=O) groups is 2. The van der Waals surface area contributed by atoms with Crippen molar-refractivity contribution in [3.63, 3.8) is 0 Å². The van der Waals surface area contributed by atoms with Crippen molar-refractivity contribution in [3.05, 3.63) is 65.8 Å². The molecule has 0 bridgehead atoms. The topological polar surface area (TPSA) is 101 Å². The number of benzene rings is 2. The molecule has 9 heteroatoms. The summed E-state index contributed by atoms with van der Waals surface area (Å²) in [5.41, 5.74) is 2.29. The molecule has 2 amide bonds. The Hall–Kier alpha value is -3.88. The number of rotatable bonds is 5. The third-order valence-electron chi connectivity index (χ3n) is 4.57. The quantitative estimate of drug-likeness (QED) is 0.700. The Kier molecular flexibility index (Phi) is 5.34. The molecule has 8 nitrogen and oxygen atoms in total. The minimum absolute atomic E-state index is 0.171. The lowest BCUT2D eigenvalue weighted by Gasteiger charge is -2.22. The second kappa shape index (κ2) is 8.24. The molecule has 3 aromatic rings. The van der Waals surface area contributed by atoms with Crippen molar-refractivity contribution < 1.29 is 18.5 Å². The first-order valence-electron chi connectivity index (χ1n) is 9.33. The van der Waals surface area contributed by atoms with Gasteiger partial charge in [-0.15, -0.1) is 0 Å². The SMILES string of the molecule is Cc1cc(F)ccc1NC(=O)CN1N=C(c2nc(-c3ccccc3)no2)CCC1=O. The molecular weight excluding hydrogens is 389 g/mol. The van der Waals surface area contributed by atoms with Gasteiger partial charge in [0.1, 0.15) is 18.1 Å². The molecule has 0 spiro atoms. The number of aryl methyl sites for hydroxylation is 1. The number of nitrogens with zero attached hydrogens (tertiary/aromatic N) is 4. The fraction of sp³-hybridized carbons (Fsp3) is 0.190. The maximum atomic E-state index is 13.2. The van der Waals surface area contributed by atoms with Crippen LogP contribution in [0.2, 0.25) is 0 Å². The predicted octanol–water partition coefficient (Wildman–Crippen LogP) is 3.15. The Morgan fingerprint density at radius 1 is 1.20 bits per heavy atom. The van der Waals surface area contributed by atoms with E-state index < -0.39 is 5.91 Å². The van der Waals surface area contributed by atoms with Gasteiger partial charge in [-0.05, 0) is 30.7 Å². The number of aromatic nitrogens is 2. The van der Waals surface area contributed by atoms with E-state index in [9.17, 15) is 14.0 Å². The summed E-state index contributed by atoms with van der Waals surface area (Å²) in [4.78, 5) is 28.9. The maximum Gasteiger partial charge on any atom is 0.274 e. The summed E-state index contributed by atoms with van der Waals surface area (Å²) in [6.07, 6.45) is 0.509. The van der Waals surface area contributed by atoms with Gasteiger partial charge < -0.3 is 9.84 Å². The van der Waals surface area contributed by atoms with E-state index in [2.05, 4.69) is 20.6 Å². The van der Waals surface area contributed by atoms with Gasteiger partial charge in [0.05, 0.1) is 0 Å². The first-order valence-corrected chi connectivity index (χ1v) is 9.33. The molecule has 30 heavy (non-hydrogen) atoms. The number of hydrogen-bond donors (Lipinski definition) is 1. The number of hydrazone groups is 1. The van der Waals surface area contributed by atoms with Crippen LogP contribution in [0.1, 0.15) is 24.3 Å². The lowest BCUT2D eigenvalue weighted by Crippen LogP contribution is -2.38. The molecule has 1 aliphatic heterocycles. The van der Waals surface area contributed by atoms with Gasteiger partial charge in [-0.2, -0.15) is 10.1 Å². The standard InChI is InChI=1S/C21H18FN5O3/c1-13-11-15(22)7-8-16(13)23-18(28)12-27-19(29)10-9-17(25-27)21-24-20(26-30-21)14-5-3-2-4-6-14/h2-8,11H,9-10,12H2,1H3,(H,23,28). The van der Waals surface area contributed by atoms with E-state index in [4.69, 9.17) is 4.52 Å². The zero-order valence-corrected chi connectivity index (χ0v) is 16.1. The van der Waals surface area contributed by atoms with Crippen molar-refractivity contribution >= 4 is 23.2 Å². The maximum absolute atomic E-state index is 13.2. The average Bonchev–Trinajstić information content (AvgIpc) is 3.23. The van der Waals surface area contributed by atoms with E-state index >= 15 is 0 Å². The molecule has 1 N–H and O–H groups in total. The van der Waals surface area contributed by atoms with E-state index in [0.29, 0.717) is 29.2 Å². The first kappa shape index (κ1) is 19.4. The zero-order valence-electron chi connectivity index (χ0n) is 16.1. The average molecular weight is 407 g/mol. The number of nitrogens with one attached hydrogen (secondary N) is 1. The van der Waals surface area contributed by atoms with Crippen LogP contribution >= 0.6 is 0 Å². The number of hydrogen-bond acceptors (Lipinski definition) is 6. The van der Waals surface area contributed by atoms with Crippen molar-refractivity contribution in [2.45, 2.75) is 19.8 Å². The van der Waals surface area contributed by atoms with Crippen LogP contribution < -0.4 is 5.32 Å². The molecule has 0 unspecified atom stereocenters. The normalized spacial score (nSPS) is 13.9. The second-order valence-electron chi connectivity index (χ2n) is 6.79. The zero-order chi connectivity index (χ0) is 21.1. The second-order valence-corrected chi connectivity index (χ2v) is 6.79. The number of carbonyl (C=O) groups excluding carboxylic acids is 2. The van der Waals surface area contributed by atoms with Crippen LogP contribution in [0.25, 0.3) is 11.4 Å². The molecule has 0 atom stereocenters. The fourth-order valence-electron chi connectivity index (χ4n) is 3.02. The molecule has 0 radical (unpaired) electrons. The highest BCUT2D eigenvalue weighted by Crippen LogP contribution is 2.19. The van der Waals surface area contributed by atoms with Crippen LogP contribution in [-0.4, -0.2) is 39.2 Å². The van der Waals surface area contributed by atoms with Gasteiger partial charge in [0.2, 0.25) is 17.6 Å². The summed E-state index contributed by atoms with van der Waals surface area (Å²) < 4.78 is 18.5. The molecule has 0 fully saturated rings. The molecule has 2 heterocycles. The molecule has 1 aromatic heterocycles. The van der Waals surface area contributed by atoms with Gasteiger partial charge in [-0.3, -0.25) is 9.59 Å². The third-order valence-corrected chi connectivity index (χ3v) is 4.57. The van der Waals surface area contributed by atoms with E-state index in [1.165, 1.54) is 18.2 Å². The van der Waals surface area contributed by atoms with Gasteiger partial charge >= 0.3 is 0 Å². The largest absolute Gasteiger partial charge is 0.332 e. The van der Waals surface area contributed by atoms with E-state index in [0.717, 1.165) is 10.6 Å². The Labute approximate surface area is 171 Å². The fourth-order valence-corrected chi connectivity index (χ4v) is 3.02. The summed E-state index contributed by atoms with van der Waals surface area (Å²) in [5.74, 6) is -0.492. The summed E-state index contributed by atoms with van der Waals surface area (Å²) in [6.45, 7) is 1.40. The Morgan fingerprint density at radius 3 is 2.77 bits per heavy atom. The molecule has 0 aliphatic carbocycles. The molecule has 1 aliphatic rings. The highest BCUT2D eigenvalue weighted by Gasteiger charge is 2.26. The summed E-state index contributed by atoms with van der Waals surface area (Å²) >= 11 is 0. The monoisotopic (exact) mass is 407 g/mol. The Bertz CT molecular complexity index is 1130. The lowest BCUT2D eigenvalue weighted by molar-refractivity contribution is -0.135. The minimum atomic E-state index is -0.446. The summed E-state index contributed by atoms with van der Waals surface area (Å²) in [6, 6.07) is 13.4. The summed E-state index contributed by atoms with van der Waals surface area (Å²) in [5, 5.41) is 11.9. The molecule has 4 rings (SSSR count). The predicted molar refractivity (Wildman–Crippen MR) is 107 cm³/mol. The lowest BCUT2D eigenvalue weighted by atomic mass is 10.1. The highest BCUT2D eigenvalue weighted by atomic mass is 19.1. The smallest absolute Gasteiger partial charge is 0.274 e. The molecule has 2 aromatic carbocycles. The van der Waals surface area contributed by atoms with Crippen LogP contribution in [0.15, 0.2) is 58.2 Å². The van der Waals surface area contributed by atoms with Crippen LogP contribution in [-0.2, 0) is 9.59 Å². The van der Waals surface area contributed by atoms with Gasteiger partial charge in [0.25, 0.3) is 5.89 Å². The third kappa shape index (κ3) is 4.24. The van der Waals surface area contributed by atoms with Crippen molar-refractivity contribution in [2.75, 3.05) is 11.9 Å². The van der Waals surface area contributed by atoms with Gasteiger partial charge in [0, 0.05) is 24.1 Å². The number of halogens is 1. The van der Waals surface area contributed by atoms with Crippen LogP contribution in [0.5, 0.6) is 0 Å². The van der Waals surface area contributed by atoms with Crippen LogP contribution in [0.3, 0.4) is 0 Å².